The second-order valence-electron chi connectivity index (χ2n) is 6.83. The van der Waals surface area contributed by atoms with E-state index in [1.54, 1.807) is 17.4 Å². The summed E-state index contributed by atoms with van der Waals surface area (Å²) in [7, 11) is 0. The highest BCUT2D eigenvalue weighted by atomic mass is 16.3. The molecule has 0 radical (unpaired) electrons. The summed E-state index contributed by atoms with van der Waals surface area (Å²) >= 11 is 0. The van der Waals surface area contributed by atoms with E-state index in [0.717, 1.165) is 24.1 Å². The number of rotatable bonds is 7. The van der Waals surface area contributed by atoms with Crippen molar-refractivity contribution >= 4 is 12.0 Å². The molecule has 1 unspecified atom stereocenters. The topological polar surface area (TPSA) is 58.4 Å². The lowest BCUT2D eigenvalue weighted by molar-refractivity contribution is -0.128. The number of hydrogen-bond donors (Lipinski definition) is 1. The fourth-order valence-electron chi connectivity index (χ4n) is 3.37. The number of amides is 1. The van der Waals surface area contributed by atoms with Crippen molar-refractivity contribution in [3.63, 3.8) is 0 Å². The van der Waals surface area contributed by atoms with Crippen molar-refractivity contribution in [3.05, 3.63) is 72.0 Å². The smallest absolute Gasteiger partial charge is 0.289 e. The number of aryl methyl sites for hydroxylation is 1. The van der Waals surface area contributed by atoms with Crippen molar-refractivity contribution in [2.75, 3.05) is 6.54 Å². The van der Waals surface area contributed by atoms with Gasteiger partial charge in [-0.1, -0.05) is 56.3 Å². The lowest BCUT2D eigenvalue weighted by Crippen LogP contribution is -2.36. The molecule has 0 saturated heterocycles. The number of imidazole rings is 1. The number of aromatic nitrogens is 2. The fourth-order valence-corrected chi connectivity index (χ4v) is 3.37. The molecule has 5 heteroatoms. The van der Waals surface area contributed by atoms with E-state index in [2.05, 4.69) is 4.98 Å². The molecule has 1 aromatic heterocycles. The predicted molar refractivity (Wildman–Crippen MR) is 102 cm³/mol. The summed E-state index contributed by atoms with van der Waals surface area (Å²) in [4.78, 5) is 18.4. The summed E-state index contributed by atoms with van der Waals surface area (Å²) < 4.78 is 1.99. The summed E-state index contributed by atoms with van der Waals surface area (Å²) in [6.07, 6.45) is 10.3. The molecular weight excluding hydrogens is 326 g/mol. The number of aliphatic hydroxyl groups is 1. The van der Waals surface area contributed by atoms with Gasteiger partial charge < -0.3 is 14.6 Å². The zero-order chi connectivity index (χ0) is 18.5. The molecule has 136 valence electrons. The van der Waals surface area contributed by atoms with Crippen LogP contribution in [-0.2, 0) is 11.3 Å². The molecule has 26 heavy (non-hydrogen) atoms. The molecule has 0 fully saturated rings. The maximum absolute atomic E-state index is 12.6. The van der Waals surface area contributed by atoms with Crippen LogP contribution < -0.4 is 0 Å². The van der Waals surface area contributed by atoms with Gasteiger partial charge in [0.15, 0.2) is 5.76 Å². The Morgan fingerprint density at radius 3 is 2.65 bits per heavy atom. The first kappa shape index (κ1) is 18.0. The Balaban J connectivity index is 1.77. The van der Waals surface area contributed by atoms with Gasteiger partial charge in [0.1, 0.15) is 0 Å². The minimum atomic E-state index is -0.276. The third kappa shape index (κ3) is 3.87. The monoisotopic (exact) mass is 351 g/mol. The van der Waals surface area contributed by atoms with Crippen molar-refractivity contribution in [1.29, 1.82) is 0 Å². The Kier molecular flexibility index (Phi) is 5.56. The molecule has 5 nitrogen and oxygen atoms in total. The molecule has 1 N–H and O–H groups in total. The zero-order valence-electron chi connectivity index (χ0n) is 15.2. The van der Waals surface area contributed by atoms with Gasteiger partial charge in [-0.15, -0.1) is 0 Å². The van der Waals surface area contributed by atoms with Crippen LogP contribution in [0.5, 0.6) is 0 Å². The van der Waals surface area contributed by atoms with Crippen molar-refractivity contribution in [2.45, 2.75) is 32.9 Å². The molecule has 0 spiro atoms. The summed E-state index contributed by atoms with van der Waals surface area (Å²) in [6.45, 7) is 5.39. The molecule has 2 aromatic rings. The number of hydrogen-bond acceptors (Lipinski definition) is 3. The predicted octanol–water partition coefficient (Wildman–Crippen LogP) is 3.67. The van der Waals surface area contributed by atoms with Crippen molar-refractivity contribution in [3.8, 4) is 0 Å². The summed E-state index contributed by atoms with van der Waals surface area (Å²) in [5.74, 6) is -0.268. The van der Waals surface area contributed by atoms with Gasteiger partial charge in [-0.25, -0.2) is 4.98 Å². The maximum Gasteiger partial charge on any atom is 0.289 e. The third-order valence-corrected chi connectivity index (χ3v) is 4.66. The normalized spacial score (nSPS) is 17.9. The minimum Gasteiger partial charge on any atom is -0.503 e. The highest BCUT2D eigenvalue weighted by molar-refractivity contribution is 5.96. The lowest BCUT2D eigenvalue weighted by atomic mass is 9.95. The Hall–Kier alpha value is -2.82. The second kappa shape index (κ2) is 8.04. The van der Waals surface area contributed by atoms with Gasteiger partial charge in [0.05, 0.1) is 12.4 Å². The largest absolute Gasteiger partial charge is 0.503 e. The highest BCUT2D eigenvalue weighted by Gasteiger charge is 2.38. The van der Waals surface area contributed by atoms with E-state index in [-0.39, 0.29) is 23.6 Å². The van der Waals surface area contributed by atoms with Gasteiger partial charge in [0.25, 0.3) is 5.91 Å². The van der Waals surface area contributed by atoms with Crippen molar-refractivity contribution < 1.29 is 9.90 Å². The SMILES string of the molecule is CC(C)C1=C(O)C(=O)N(CCCn2ccnc2)C1C=Cc1ccccc1. The van der Waals surface area contributed by atoms with Crippen LogP contribution in [0.15, 0.2) is 66.5 Å². The van der Waals surface area contributed by atoms with Gasteiger partial charge in [0, 0.05) is 31.1 Å². The van der Waals surface area contributed by atoms with Gasteiger partial charge in [-0.2, -0.15) is 0 Å². The van der Waals surface area contributed by atoms with E-state index in [1.165, 1.54) is 0 Å². The van der Waals surface area contributed by atoms with E-state index in [1.807, 2.05) is 67.1 Å². The Labute approximate surface area is 154 Å². The fraction of sp³-hybridized carbons (Fsp3) is 0.333. The molecular formula is C21H25N3O2. The molecule has 0 aliphatic carbocycles. The first-order valence-electron chi connectivity index (χ1n) is 9.01. The number of carbonyl (C=O) groups is 1. The average Bonchev–Trinajstić information content (AvgIpc) is 3.23. The minimum absolute atomic E-state index is 0.0923. The van der Waals surface area contributed by atoms with E-state index < -0.39 is 0 Å². The number of carbonyl (C=O) groups excluding carboxylic acids is 1. The van der Waals surface area contributed by atoms with Gasteiger partial charge in [-0.05, 0) is 17.9 Å². The number of benzene rings is 1. The van der Waals surface area contributed by atoms with E-state index >= 15 is 0 Å². The summed E-state index contributed by atoms with van der Waals surface area (Å²) in [5.41, 5.74) is 1.87. The van der Waals surface area contributed by atoms with Crippen LogP contribution in [0.4, 0.5) is 0 Å². The second-order valence-corrected chi connectivity index (χ2v) is 6.83. The van der Waals surface area contributed by atoms with Gasteiger partial charge in [0.2, 0.25) is 0 Å². The Morgan fingerprint density at radius 1 is 1.23 bits per heavy atom. The van der Waals surface area contributed by atoms with Crippen molar-refractivity contribution in [1.82, 2.24) is 14.5 Å². The van der Waals surface area contributed by atoms with Crippen LogP contribution in [0.2, 0.25) is 0 Å². The molecule has 1 atom stereocenters. The van der Waals surface area contributed by atoms with E-state index in [4.69, 9.17) is 0 Å². The average molecular weight is 351 g/mol. The van der Waals surface area contributed by atoms with Crippen molar-refractivity contribution in [2.24, 2.45) is 5.92 Å². The summed E-state index contributed by atoms with van der Waals surface area (Å²) in [5, 5.41) is 10.4. The molecule has 3 rings (SSSR count). The zero-order valence-corrected chi connectivity index (χ0v) is 15.2. The van der Waals surface area contributed by atoms with Crippen LogP contribution in [0.25, 0.3) is 6.08 Å². The molecule has 0 bridgehead atoms. The Bertz CT molecular complexity index is 792. The first-order valence-corrected chi connectivity index (χ1v) is 9.01. The lowest BCUT2D eigenvalue weighted by Gasteiger charge is -2.25. The molecule has 2 heterocycles. The van der Waals surface area contributed by atoms with Crippen LogP contribution in [0.1, 0.15) is 25.8 Å². The number of aliphatic hydroxyl groups excluding tert-OH is 1. The molecule has 1 aromatic carbocycles. The standard InChI is InChI=1S/C21H25N3O2/c1-16(2)19-18(10-9-17-7-4-3-5-8-17)24(21(26)20(19)25)13-6-12-23-14-11-22-15-23/h3-5,7-11,14-16,18,25H,6,12-13H2,1-2H3. The van der Waals surface area contributed by atoms with Gasteiger partial charge in [-0.3, -0.25) is 4.79 Å². The quantitative estimate of drug-likeness (QED) is 0.828. The van der Waals surface area contributed by atoms with Crippen LogP contribution >= 0.6 is 0 Å². The van der Waals surface area contributed by atoms with Crippen LogP contribution in [-0.4, -0.2) is 38.1 Å². The third-order valence-electron chi connectivity index (χ3n) is 4.66. The van der Waals surface area contributed by atoms with E-state index in [9.17, 15) is 9.90 Å². The maximum atomic E-state index is 12.6. The van der Waals surface area contributed by atoms with Crippen LogP contribution in [0, 0.1) is 5.92 Å². The molecule has 1 aliphatic rings. The molecule has 1 amide bonds. The van der Waals surface area contributed by atoms with Crippen LogP contribution in [0.3, 0.4) is 0 Å². The number of nitrogens with zero attached hydrogens (tertiary/aromatic N) is 3. The van der Waals surface area contributed by atoms with Gasteiger partial charge >= 0.3 is 0 Å². The molecule has 1 aliphatic heterocycles. The van der Waals surface area contributed by atoms with E-state index in [0.29, 0.717) is 6.54 Å². The first-order chi connectivity index (χ1) is 12.6. The summed E-state index contributed by atoms with van der Waals surface area (Å²) in [6, 6.07) is 9.79. The highest BCUT2D eigenvalue weighted by Crippen LogP contribution is 2.31. The Morgan fingerprint density at radius 2 is 2.00 bits per heavy atom. The molecule has 0 saturated carbocycles.